The lowest BCUT2D eigenvalue weighted by atomic mass is 9.97. The highest BCUT2D eigenvalue weighted by Crippen LogP contribution is 2.21. The van der Waals surface area contributed by atoms with Gasteiger partial charge in [0.25, 0.3) is 5.91 Å². The molecule has 9 nitrogen and oxygen atoms in total. The van der Waals surface area contributed by atoms with Crippen LogP contribution in [0, 0.1) is 5.92 Å². The summed E-state index contributed by atoms with van der Waals surface area (Å²) in [6, 6.07) is 8.81. The lowest BCUT2D eigenvalue weighted by molar-refractivity contribution is -0.186. The summed E-state index contributed by atoms with van der Waals surface area (Å²) in [6.07, 6.45) is 9.86. The van der Waals surface area contributed by atoms with Crippen LogP contribution in [-0.4, -0.2) is 53.0 Å². The predicted molar refractivity (Wildman–Crippen MR) is 134 cm³/mol. The molecule has 2 saturated heterocycles. The van der Waals surface area contributed by atoms with Crippen LogP contribution in [0.25, 0.3) is 10.9 Å². The summed E-state index contributed by atoms with van der Waals surface area (Å²) in [5.74, 6) is 0.941. The molecule has 2 fully saturated rings. The smallest absolute Gasteiger partial charge is 0.278 e. The fourth-order valence-corrected chi connectivity index (χ4v) is 4.76. The van der Waals surface area contributed by atoms with E-state index in [2.05, 4.69) is 67.7 Å². The Balaban J connectivity index is 1.04. The van der Waals surface area contributed by atoms with E-state index in [-0.39, 0.29) is 12.2 Å². The number of carbonyl (C=O) groups is 1. The van der Waals surface area contributed by atoms with Gasteiger partial charge in [-0.15, -0.1) is 0 Å². The summed E-state index contributed by atoms with van der Waals surface area (Å²) in [5.41, 5.74) is 5.40. The van der Waals surface area contributed by atoms with Crippen LogP contribution in [0.3, 0.4) is 0 Å². The van der Waals surface area contributed by atoms with Crippen LogP contribution in [0.4, 0.5) is 5.95 Å². The second-order valence-corrected chi connectivity index (χ2v) is 9.50. The van der Waals surface area contributed by atoms with Crippen molar-refractivity contribution in [1.29, 1.82) is 0 Å². The van der Waals surface area contributed by atoms with Crippen LogP contribution >= 0.6 is 0 Å². The highest BCUT2D eigenvalue weighted by Gasteiger charge is 2.21. The largest absolute Gasteiger partial charge is 0.351 e. The van der Waals surface area contributed by atoms with Crippen LogP contribution < -0.4 is 15.7 Å². The van der Waals surface area contributed by atoms with Gasteiger partial charge in [-0.05, 0) is 61.2 Å². The Labute approximate surface area is 205 Å². The first-order valence-corrected chi connectivity index (χ1v) is 12.5. The fourth-order valence-electron chi connectivity index (χ4n) is 4.76. The first-order chi connectivity index (χ1) is 17.2. The molecule has 2 aromatic heterocycles. The summed E-state index contributed by atoms with van der Waals surface area (Å²) in [4.78, 5) is 28.7. The van der Waals surface area contributed by atoms with Crippen molar-refractivity contribution >= 4 is 22.8 Å². The minimum Gasteiger partial charge on any atom is -0.351 e. The molecule has 1 aromatic carbocycles. The number of piperidine rings is 1. The SMILES string of the molecule is Cn1ccc2ccc(CNCC3CCN(c4ncc(C(=O)NOC5CCCCO5)cn4)CC3)cc21. The number of hydrogen-bond acceptors (Lipinski definition) is 7. The highest BCUT2D eigenvalue weighted by atomic mass is 16.8. The zero-order chi connectivity index (χ0) is 24.0. The minimum atomic E-state index is -0.379. The monoisotopic (exact) mass is 478 g/mol. The average Bonchev–Trinajstić information content (AvgIpc) is 3.28. The third-order valence-electron chi connectivity index (χ3n) is 6.93. The first-order valence-electron chi connectivity index (χ1n) is 12.5. The molecule has 2 N–H and O–H groups in total. The molecule has 4 heterocycles. The molecule has 0 aliphatic carbocycles. The van der Waals surface area contributed by atoms with E-state index in [1.807, 2.05) is 0 Å². The molecule has 1 amide bonds. The summed E-state index contributed by atoms with van der Waals surface area (Å²) in [6.45, 7) is 4.37. The third-order valence-corrected chi connectivity index (χ3v) is 6.93. The van der Waals surface area contributed by atoms with Gasteiger partial charge in [-0.3, -0.25) is 4.79 Å². The molecule has 3 aromatic rings. The lowest BCUT2D eigenvalue weighted by Gasteiger charge is -2.32. The minimum absolute atomic E-state index is 0.359. The number of rotatable bonds is 8. The van der Waals surface area contributed by atoms with Gasteiger partial charge in [0.1, 0.15) is 0 Å². The number of fused-ring (bicyclic) bond motifs is 1. The highest BCUT2D eigenvalue weighted by molar-refractivity contribution is 5.92. The van der Waals surface area contributed by atoms with Gasteiger partial charge in [0.15, 0.2) is 6.29 Å². The Bertz CT molecular complexity index is 1120. The number of ether oxygens (including phenoxy) is 1. The summed E-state index contributed by atoms with van der Waals surface area (Å²) < 4.78 is 7.62. The van der Waals surface area contributed by atoms with Crippen molar-refractivity contribution < 1.29 is 14.4 Å². The van der Waals surface area contributed by atoms with Gasteiger partial charge in [0, 0.05) is 63.8 Å². The summed E-state index contributed by atoms with van der Waals surface area (Å²) in [5, 5.41) is 4.91. The number of nitrogens with zero attached hydrogens (tertiary/aromatic N) is 4. The van der Waals surface area contributed by atoms with E-state index in [4.69, 9.17) is 9.57 Å². The molecule has 0 bridgehead atoms. The Morgan fingerprint density at radius 1 is 1.14 bits per heavy atom. The van der Waals surface area contributed by atoms with Crippen LogP contribution in [0.15, 0.2) is 42.9 Å². The van der Waals surface area contributed by atoms with Crippen molar-refractivity contribution in [3.05, 3.63) is 54.0 Å². The Morgan fingerprint density at radius 3 is 2.74 bits per heavy atom. The van der Waals surface area contributed by atoms with Gasteiger partial charge in [-0.25, -0.2) is 20.3 Å². The van der Waals surface area contributed by atoms with Gasteiger partial charge < -0.3 is 19.5 Å². The van der Waals surface area contributed by atoms with E-state index in [1.54, 1.807) is 12.4 Å². The molecule has 2 aliphatic heterocycles. The van der Waals surface area contributed by atoms with Gasteiger partial charge >= 0.3 is 0 Å². The number of aryl methyl sites for hydroxylation is 1. The van der Waals surface area contributed by atoms with Crippen molar-refractivity contribution in [3.8, 4) is 0 Å². The summed E-state index contributed by atoms with van der Waals surface area (Å²) in [7, 11) is 2.08. The Kier molecular flexibility index (Phi) is 7.56. The topological polar surface area (TPSA) is 93.5 Å². The number of hydrogen-bond donors (Lipinski definition) is 2. The van der Waals surface area contributed by atoms with Crippen LogP contribution in [-0.2, 0) is 23.2 Å². The molecule has 186 valence electrons. The second-order valence-electron chi connectivity index (χ2n) is 9.50. The number of carbonyl (C=O) groups excluding carboxylic acids is 1. The Hall–Kier alpha value is -3.01. The number of hydroxylamine groups is 1. The van der Waals surface area contributed by atoms with Crippen molar-refractivity contribution in [2.45, 2.75) is 44.9 Å². The van der Waals surface area contributed by atoms with Gasteiger partial charge in [-0.2, -0.15) is 0 Å². The maximum atomic E-state index is 12.3. The predicted octanol–water partition coefficient (Wildman–Crippen LogP) is 3.16. The Morgan fingerprint density at radius 2 is 1.97 bits per heavy atom. The number of amides is 1. The third kappa shape index (κ3) is 5.98. The lowest BCUT2D eigenvalue weighted by Crippen LogP contribution is -2.38. The van der Waals surface area contributed by atoms with Crippen LogP contribution in [0.5, 0.6) is 0 Å². The number of anilines is 1. The number of aromatic nitrogens is 3. The van der Waals surface area contributed by atoms with E-state index in [9.17, 15) is 4.79 Å². The molecule has 0 radical (unpaired) electrons. The molecule has 35 heavy (non-hydrogen) atoms. The molecule has 2 aliphatic rings. The second kappa shape index (κ2) is 11.2. The zero-order valence-corrected chi connectivity index (χ0v) is 20.3. The van der Waals surface area contributed by atoms with Crippen molar-refractivity contribution in [3.63, 3.8) is 0 Å². The van der Waals surface area contributed by atoms with E-state index < -0.39 is 0 Å². The normalized spacial score (nSPS) is 19.2. The van der Waals surface area contributed by atoms with E-state index in [0.717, 1.165) is 58.3 Å². The fraction of sp³-hybridized carbons (Fsp3) is 0.500. The molecular weight excluding hydrogens is 444 g/mol. The van der Waals surface area contributed by atoms with E-state index in [1.165, 1.54) is 16.5 Å². The van der Waals surface area contributed by atoms with Crippen LogP contribution in [0.2, 0.25) is 0 Å². The number of nitrogens with one attached hydrogen (secondary N) is 2. The molecular formula is C26H34N6O3. The van der Waals surface area contributed by atoms with Crippen LogP contribution in [0.1, 0.15) is 48.0 Å². The van der Waals surface area contributed by atoms with Gasteiger partial charge in [0.2, 0.25) is 5.95 Å². The molecule has 1 unspecified atom stereocenters. The van der Waals surface area contributed by atoms with Crippen molar-refractivity contribution in [2.24, 2.45) is 13.0 Å². The quantitative estimate of drug-likeness (QED) is 0.481. The van der Waals surface area contributed by atoms with Crippen molar-refractivity contribution in [2.75, 3.05) is 31.1 Å². The first kappa shape index (κ1) is 23.7. The zero-order valence-electron chi connectivity index (χ0n) is 20.3. The van der Waals surface area contributed by atoms with Crippen molar-refractivity contribution in [1.82, 2.24) is 25.3 Å². The molecule has 0 spiro atoms. The maximum Gasteiger partial charge on any atom is 0.278 e. The van der Waals surface area contributed by atoms with Gasteiger partial charge in [-0.1, -0.05) is 12.1 Å². The van der Waals surface area contributed by atoms with Gasteiger partial charge in [0.05, 0.1) is 5.56 Å². The standard InChI is InChI=1S/C26H34N6O3/c1-31-10-9-21-6-5-20(14-23(21)31)16-27-15-19-7-11-32(12-8-19)26-28-17-22(18-29-26)25(33)30-35-24-4-2-3-13-34-24/h5-6,9-10,14,17-19,24,27H,2-4,7-8,11-13,15-16H2,1H3,(H,30,33). The molecule has 5 rings (SSSR count). The summed E-state index contributed by atoms with van der Waals surface area (Å²) >= 11 is 0. The van der Waals surface area contributed by atoms with E-state index >= 15 is 0 Å². The maximum absolute atomic E-state index is 12.3. The average molecular weight is 479 g/mol. The molecule has 1 atom stereocenters. The molecule has 9 heteroatoms. The molecule has 0 saturated carbocycles. The van der Waals surface area contributed by atoms with E-state index in [0.29, 0.717) is 24.0 Å². The number of benzene rings is 1.